The predicted octanol–water partition coefficient (Wildman–Crippen LogP) is 13.5. The van der Waals surface area contributed by atoms with Crippen LogP contribution in [0.2, 0.25) is 0 Å². The topological polar surface area (TPSA) is 16.4 Å². The number of furan rings is 1. The molecule has 1 heterocycles. The molecule has 9 aromatic rings. The van der Waals surface area contributed by atoms with Gasteiger partial charge in [-0.15, -0.1) is 0 Å². The van der Waals surface area contributed by atoms with E-state index in [2.05, 4.69) is 187 Å². The van der Waals surface area contributed by atoms with Gasteiger partial charge in [-0.3, -0.25) is 0 Å². The summed E-state index contributed by atoms with van der Waals surface area (Å²) in [4.78, 5) is 2.34. The molecular weight excluding hydrogens is 631 g/mol. The minimum Gasteiger partial charge on any atom is -0.456 e. The van der Waals surface area contributed by atoms with Gasteiger partial charge in [-0.2, -0.15) is 0 Å². The summed E-state index contributed by atoms with van der Waals surface area (Å²) < 4.78 is 6.17. The number of anilines is 3. The van der Waals surface area contributed by atoms with Crippen LogP contribution in [0.15, 0.2) is 199 Å². The summed E-state index contributed by atoms with van der Waals surface area (Å²) >= 11 is 0. The van der Waals surface area contributed by atoms with Gasteiger partial charge >= 0.3 is 0 Å². The van der Waals surface area contributed by atoms with Crippen LogP contribution in [-0.4, -0.2) is 0 Å². The van der Waals surface area contributed by atoms with Gasteiger partial charge in [0.1, 0.15) is 11.2 Å². The number of nitrogens with zero attached hydrogens (tertiary/aromatic N) is 1. The van der Waals surface area contributed by atoms with E-state index in [0.717, 1.165) is 45.4 Å². The fourth-order valence-corrected chi connectivity index (χ4v) is 8.11. The molecule has 1 aromatic heterocycles. The maximum Gasteiger partial charge on any atom is 0.135 e. The monoisotopic (exact) mass is 665 g/mol. The second-order valence-electron chi connectivity index (χ2n) is 13.7. The quantitative estimate of drug-likeness (QED) is 0.158. The Morgan fingerprint density at radius 3 is 1.75 bits per heavy atom. The highest BCUT2D eigenvalue weighted by atomic mass is 16.3. The van der Waals surface area contributed by atoms with E-state index in [1.807, 2.05) is 12.1 Å². The largest absolute Gasteiger partial charge is 0.456 e. The fraction of sp³-hybridized carbons (Fsp3) is 0.0400. The summed E-state index contributed by atoms with van der Waals surface area (Å²) in [5.74, 6) is 0.100. The summed E-state index contributed by atoms with van der Waals surface area (Å²) in [5.41, 5.74) is 17.0. The first-order valence-corrected chi connectivity index (χ1v) is 18.0. The molecule has 246 valence electrons. The summed E-state index contributed by atoms with van der Waals surface area (Å²) in [7, 11) is 0. The van der Waals surface area contributed by atoms with Crippen LogP contribution in [0, 0.1) is 0 Å². The molecule has 0 fully saturated rings. The van der Waals surface area contributed by atoms with Crippen LogP contribution < -0.4 is 4.90 Å². The first-order chi connectivity index (χ1) is 25.8. The third kappa shape index (κ3) is 5.28. The molecule has 10 rings (SSSR count). The van der Waals surface area contributed by atoms with Gasteiger partial charge in [-0.1, -0.05) is 140 Å². The van der Waals surface area contributed by atoms with E-state index in [9.17, 15) is 0 Å². The highest BCUT2D eigenvalue weighted by Crippen LogP contribution is 2.44. The standard InChI is InChI=1S/C50H35NO/c1-4-12-35(13-5-1)50(39-26-29-49-47(32-39)45-18-10-11-19-48(45)52-49)36-22-20-34(21-23-36)37-25-28-44-40(30-37)31-38-24-27-43(33-46(38)44)51(41-14-6-2-7-15-41)42-16-8-3-9-17-42/h1-30,32-33,50H,31H2. The molecule has 52 heavy (non-hydrogen) atoms. The van der Waals surface area contributed by atoms with Gasteiger partial charge in [0.05, 0.1) is 0 Å². The van der Waals surface area contributed by atoms with Crippen molar-refractivity contribution >= 4 is 39.0 Å². The first kappa shape index (κ1) is 30.2. The van der Waals surface area contributed by atoms with Crippen LogP contribution in [0.1, 0.15) is 33.7 Å². The van der Waals surface area contributed by atoms with Gasteiger partial charge in [0, 0.05) is 33.8 Å². The maximum atomic E-state index is 6.17. The Morgan fingerprint density at radius 2 is 1.00 bits per heavy atom. The maximum absolute atomic E-state index is 6.17. The molecule has 0 bridgehead atoms. The first-order valence-electron chi connectivity index (χ1n) is 18.0. The van der Waals surface area contributed by atoms with E-state index in [1.165, 1.54) is 50.1 Å². The van der Waals surface area contributed by atoms with Crippen molar-refractivity contribution in [2.45, 2.75) is 12.3 Å². The SMILES string of the molecule is c1ccc(C(c2ccc(-c3ccc4c(c3)Cc3ccc(N(c5ccccc5)c5ccccc5)cc3-4)cc2)c2ccc3oc4ccccc4c3c2)cc1. The second-order valence-corrected chi connectivity index (χ2v) is 13.7. The molecule has 0 N–H and O–H groups in total. The Kier molecular flexibility index (Phi) is 7.32. The van der Waals surface area contributed by atoms with Gasteiger partial charge < -0.3 is 9.32 Å². The molecule has 1 unspecified atom stereocenters. The van der Waals surface area contributed by atoms with Gasteiger partial charge in [-0.05, 0) is 111 Å². The van der Waals surface area contributed by atoms with Crippen LogP contribution >= 0.6 is 0 Å². The Morgan fingerprint density at radius 1 is 0.385 bits per heavy atom. The van der Waals surface area contributed by atoms with Gasteiger partial charge in [0.15, 0.2) is 0 Å². The fourth-order valence-electron chi connectivity index (χ4n) is 8.11. The van der Waals surface area contributed by atoms with Crippen molar-refractivity contribution < 1.29 is 4.42 Å². The molecule has 0 saturated carbocycles. The van der Waals surface area contributed by atoms with Crippen LogP contribution in [0.3, 0.4) is 0 Å². The highest BCUT2D eigenvalue weighted by molar-refractivity contribution is 6.05. The average molecular weight is 666 g/mol. The zero-order valence-corrected chi connectivity index (χ0v) is 28.6. The second kappa shape index (κ2) is 12.6. The molecule has 0 spiro atoms. The minimum absolute atomic E-state index is 0.100. The van der Waals surface area contributed by atoms with Crippen molar-refractivity contribution in [2.24, 2.45) is 0 Å². The Bertz CT molecular complexity index is 2650. The van der Waals surface area contributed by atoms with E-state index in [1.54, 1.807) is 0 Å². The third-order valence-electron chi connectivity index (χ3n) is 10.6. The van der Waals surface area contributed by atoms with Crippen molar-refractivity contribution in [3.05, 3.63) is 222 Å². The van der Waals surface area contributed by atoms with Gasteiger partial charge in [0.25, 0.3) is 0 Å². The predicted molar refractivity (Wildman–Crippen MR) is 216 cm³/mol. The van der Waals surface area contributed by atoms with Crippen LogP contribution in [0.25, 0.3) is 44.2 Å². The Balaban J connectivity index is 0.982. The molecule has 2 heteroatoms. The molecule has 8 aromatic carbocycles. The van der Waals surface area contributed by atoms with E-state index in [4.69, 9.17) is 4.42 Å². The van der Waals surface area contributed by atoms with Crippen LogP contribution in [0.4, 0.5) is 17.1 Å². The number of hydrogen-bond donors (Lipinski definition) is 0. The number of fused-ring (bicyclic) bond motifs is 6. The zero-order valence-electron chi connectivity index (χ0n) is 28.6. The van der Waals surface area contributed by atoms with Gasteiger partial charge in [0.2, 0.25) is 0 Å². The zero-order chi connectivity index (χ0) is 34.4. The van der Waals surface area contributed by atoms with E-state index >= 15 is 0 Å². The van der Waals surface area contributed by atoms with Crippen LogP contribution in [-0.2, 0) is 6.42 Å². The summed E-state index contributed by atoms with van der Waals surface area (Å²) in [6, 6.07) is 70.2. The lowest BCUT2D eigenvalue weighted by Crippen LogP contribution is -2.09. The molecule has 1 aliphatic rings. The van der Waals surface area contributed by atoms with Crippen LogP contribution in [0.5, 0.6) is 0 Å². The Labute approximate surface area is 303 Å². The molecule has 1 aliphatic carbocycles. The normalized spacial score (nSPS) is 12.5. The molecule has 0 radical (unpaired) electrons. The number of hydrogen-bond acceptors (Lipinski definition) is 2. The van der Waals surface area contributed by atoms with Crippen molar-refractivity contribution in [3.8, 4) is 22.3 Å². The van der Waals surface area contributed by atoms with Crippen molar-refractivity contribution in [1.29, 1.82) is 0 Å². The molecule has 0 aliphatic heterocycles. The number of rotatable bonds is 7. The third-order valence-corrected chi connectivity index (χ3v) is 10.6. The van der Waals surface area contributed by atoms with E-state index in [0.29, 0.717) is 0 Å². The van der Waals surface area contributed by atoms with E-state index in [-0.39, 0.29) is 5.92 Å². The summed E-state index contributed by atoms with van der Waals surface area (Å²) in [6.07, 6.45) is 0.939. The molecule has 1 atom stereocenters. The Hall–Kier alpha value is -6.64. The lowest BCUT2D eigenvalue weighted by Gasteiger charge is -2.26. The molecule has 0 saturated heterocycles. The van der Waals surface area contributed by atoms with Crippen molar-refractivity contribution in [2.75, 3.05) is 4.90 Å². The molecule has 0 amide bonds. The summed E-state index contributed by atoms with van der Waals surface area (Å²) in [5, 5.41) is 2.31. The van der Waals surface area contributed by atoms with Crippen molar-refractivity contribution in [3.63, 3.8) is 0 Å². The highest BCUT2D eigenvalue weighted by Gasteiger charge is 2.23. The average Bonchev–Trinajstić information content (AvgIpc) is 3.77. The van der Waals surface area contributed by atoms with Crippen molar-refractivity contribution in [1.82, 2.24) is 0 Å². The molecular formula is C50H35NO. The summed E-state index contributed by atoms with van der Waals surface area (Å²) in [6.45, 7) is 0. The smallest absolute Gasteiger partial charge is 0.135 e. The lowest BCUT2D eigenvalue weighted by molar-refractivity contribution is 0.668. The van der Waals surface area contributed by atoms with E-state index < -0.39 is 0 Å². The molecule has 2 nitrogen and oxygen atoms in total. The minimum atomic E-state index is 0.100. The number of benzene rings is 8. The lowest BCUT2D eigenvalue weighted by atomic mass is 9.84. The van der Waals surface area contributed by atoms with Gasteiger partial charge in [-0.25, -0.2) is 0 Å². The number of para-hydroxylation sites is 3.